The quantitative estimate of drug-likeness (QED) is 0.473. The van der Waals surface area contributed by atoms with E-state index in [1.807, 2.05) is 31.2 Å². The Kier molecular flexibility index (Phi) is 8.97. The predicted octanol–water partition coefficient (Wildman–Crippen LogP) is 6.82. The first-order valence-corrected chi connectivity index (χ1v) is 10.7. The molecule has 0 saturated carbocycles. The first kappa shape index (κ1) is 22.7. The van der Waals surface area contributed by atoms with E-state index in [1.165, 1.54) is 21.6 Å². The number of thioether (sulfide) groups is 1. The molecule has 152 valence electrons. The van der Waals surface area contributed by atoms with Gasteiger partial charge in [-0.05, 0) is 62.2 Å². The van der Waals surface area contributed by atoms with Crippen LogP contribution in [0.3, 0.4) is 0 Å². The van der Waals surface area contributed by atoms with Gasteiger partial charge in [-0.3, -0.25) is 0 Å². The fraction of sp³-hybridized carbons (Fsp3) is 0.240. The molecule has 1 aromatic heterocycles. The van der Waals surface area contributed by atoms with Gasteiger partial charge >= 0.3 is 11.8 Å². The summed E-state index contributed by atoms with van der Waals surface area (Å²) in [7, 11) is 0. The zero-order valence-electron chi connectivity index (χ0n) is 17.8. The number of nitrogens with zero attached hydrogens (tertiary/aromatic N) is 1. The Morgan fingerprint density at radius 3 is 2.41 bits per heavy atom. The molecular formula is C25H31N2OS+. The first-order valence-electron chi connectivity index (χ1n) is 9.88. The second kappa shape index (κ2) is 11.4. The Labute approximate surface area is 178 Å². The van der Waals surface area contributed by atoms with Crippen molar-refractivity contribution in [3.05, 3.63) is 95.4 Å². The molecule has 0 aliphatic carbocycles. The van der Waals surface area contributed by atoms with Gasteiger partial charge in [-0.15, -0.1) is 0 Å². The summed E-state index contributed by atoms with van der Waals surface area (Å²) in [6.07, 6.45) is 3.88. The summed E-state index contributed by atoms with van der Waals surface area (Å²) in [6, 6.07) is 18.6. The summed E-state index contributed by atoms with van der Waals surface area (Å²) in [4.78, 5) is 3.49. The van der Waals surface area contributed by atoms with Crippen LogP contribution in [-0.2, 0) is 0 Å². The minimum Gasteiger partial charge on any atom is -0.342 e. The summed E-state index contributed by atoms with van der Waals surface area (Å²) in [5.74, 6) is 0. The van der Waals surface area contributed by atoms with E-state index in [-0.39, 0.29) is 0 Å². The van der Waals surface area contributed by atoms with Gasteiger partial charge in [-0.1, -0.05) is 49.5 Å². The molecule has 0 spiro atoms. The molecule has 2 aromatic carbocycles. The highest BCUT2D eigenvalue weighted by atomic mass is 32.2. The lowest BCUT2D eigenvalue weighted by atomic mass is 10.1. The summed E-state index contributed by atoms with van der Waals surface area (Å²) < 4.78 is 5.27. The van der Waals surface area contributed by atoms with Gasteiger partial charge in [-0.25, -0.2) is 4.42 Å². The molecular weight excluding hydrogens is 376 g/mol. The molecule has 2 heterocycles. The minimum atomic E-state index is 0.750. The average molecular weight is 408 g/mol. The molecule has 29 heavy (non-hydrogen) atoms. The number of nitrogens with two attached hydrogens (primary N) is 1. The zero-order chi connectivity index (χ0) is 21.2. The van der Waals surface area contributed by atoms with Crippen molar-refractivity contribution in [1.29, 1.82) is 0 Å². The van der Waals surface area contributed by atoms with Crippen LogP contribution in [0.1, 0.15) is 30.5 Å². The van der Waals surface area contributed by atoms with Gasteiger partial charge in [0, 0.05) is 29.8 Å². The highest BCUT2D eigenvalue weighted by Gasteiger charge is 2.18. The van der Waals surface area contributed by atoms with Crippen molar-refractivity contribution < 1.29 is 4.42 Å². The van der Waals surface area contributed by atoms with Crippen LogP contribution in [0.4, 0.5) is 0 Å². The van der Waals surface area contributed by atoms with Gasteiger partial charge in [0.1, 0.15) is 0 Å². The maximum atomic E-state index is 5.27. The summed E-state index contributed by atoms with van der Waals surface area (Å²) >= 11 is 1.76. The van der Waals surface area contributed by atoms with Gasteiger partial charge in [0.15, 0.2) is 0 Å². The van der Waals surface area contributed by atoms with Crippen LogP contribution in [0.25, 0.3) is 15.9 Å². The van der Waals surface area contributed by atoms with Gasteiger partial charge in [0.2, 0.25) is 0 Å². The molecule has 3 aromatic rings. The summed E-state index contributed by atoms with van der Waals surface area (Å²) in [6.45, 7) is 14.1. The lowest BCUT2D eigenvalue weighted by molar-refractivity contribution is 0.534. The van der Waals surface area contributed by atoms with Crippen LogP contribution >= 0.6 is 11.8 Å². The standard InChI is InChI=1S/C13H15NS.C10H9O.C2H7N/c1-4-14-9-13(15-11(14)3)12-8-6-5-7-10(12)2;1-8-4-5-10-9(7-8)3-2-6-11-10;1-2-3/h5-9H,3-4H2,1-2H3;2-7H,1H3;2-3H2,1H3/q;+1;. The molecule has 0 radical (unpaired) electrons. The second-order valence-electron chi connectivity index (χ2n) is 6.65. The topological polar surface area (TPSA) is 40.6 Å². The number of hydrogen-bond donors (Lipinski definition) is 1. The summed E-state index contributed by atoms with van der Waals surface area (Å²) in [5, 5.41) is 2.28. The van der Waals surface area contributed by atoms with Crippen LogP contribution in [0.2, 0.25) is 0 Å². The second-order valence-corrected chi connectivity index (χ2v) is 7.77. The predicted molar refractivity (Wildman–Crippen MR) is 128 cm³/mol. The Morgan fingerprint density at radius 1 is 1.03 bits per heavy atom. The van der Waals surface area contributed by atoms with Crippen molar-refractivity contribution in [2.45, 2.75) is 27.7 Å². The van der Waals surface area contributed by atoms with E-state index >= 15 is 0 Å². The van der Waals surface area contributed by atoms with E-state index in [4.69, 9.17) is 10.2 Å². The number of benzene rings is 2. The lowest BCUT2D eigenvalue weighted by Gasteiger charge is -2.11. The van der Waals surface area contributed by atoms with Gasteiger partial charge < -0.3 is 10.6 Å². The van der Waals surface area contributed by atoms with E-state index in [0.29, 0.717) is 0 Å². The molecule has 0 unspecified atom stereocenters. The Hall–Kier alpha value is -2.56. The van der Waals surface area contributed by atoms with E-state index < -0.39 is 0 Å². The molecule has 1 aliphatic rings. The van der Waals surface area contributed by atoms with E-state index in [9.17, 15) is 0 Å². The zero-order valence-corrected chi connectivity index (χ0v) is 18.6. The molecule has 4 rings (SSSR count). The van der Waals surface area contributed by atoms with Gasteiger partial charge in [0.05, 0.1) is 10.4 Å². The van der Waals surface area contributed by atoms with E-state index in [0.717, 1.165) is 29.1 Å². The number of fused-ring (bicyclic) bond motifs is 1. The van der Waals surface area contributed by atoms with Crippen LogP contribution in [0, 0.1) is 13.8 Å². The maximum absolute atomic E-state index is 5.27. The molecule has 0 atom stereocenters. The lowest BCUT2D eigenvalue weighted by Crippen LogP contribution is -2.08. The largest absolute Gasteiger partial charge is 0.359 e. The number of hydrogen-bond acceptors (Lipinski definition) is 3. The van der Waals surface area contributed by atoms with Crippen molar-refractivity contribution in [2.75, 3.05) is 13.1 Å². The highest BCUT2D eigenvalue weighted by Crippen LogP contribution is 2.41. The Bertz CT molecular complexity index is 981. The van der Waals surface area contributed by atoms with E-state index in [2.05, 4.69) is 68.8 Å². The van der Waals surface area contributed by atoms with Crippen molar-refractivity contribution >= 4 is 27.6 Å². The monoisotopic (exact) mass is 407 g/mol. The molecule has 0 amide bonds. The normalized spacial score (nSPS) is 12.7. The fourth-order valence-electron chi connectivity index (χ4n) is 2.83. The smallest absolute Gasteiger partial charge is 0.342 e. The van der Waals surface area contributed by atoms with Crippen LogP contribution < -0.4 is 5.73 Å². The Balaban J connectivity index is 0.000000189. The minimum absolute atomic E-state index is 0.750. The van der Waals surface area contributed by atoms with Crippen molar-refractivity contribution in [3.8, 4) is 0 Å². The van der Waals surface area contributed by atoms with Crippen LogP contribution in [-0.4, -0.2) is 18.0 Å². The van der Waals surface area contributed by atoms with Crippen molar-refractivity contribution in [2.24, 2.45) is 5.73 Å². The molecule has 1 aliphatic heterocycles. The average Bonchev–Trinajstić information content (AvgIpc) is 3.10. The van der Waals surface area contributed by atoms with Crippen molar-refractivity contribution in [3.63, 3.8) is 0 Å². The first-order chi connectivity index (χ1) is 14.0. The molecule has 3 nitrogen and oxygen atoms in total. The highest BCUT2D eigenvalue weighted by molar-refractivity contribution is 8.12. The van der Waals surface area contributed by atoms with E-state index in [1.54, 1.807) is 18.0 Å². The molecule has 4 heteroatoms. The molecule has 2 N–H and O–H groups in total. The van der Waals surface area contributed by atoms with Crippen LogP contribution in [0.5, 0.6) is 0 Å². The Morgan fingerprint density at radius 2 is 1.76 bits per heavy atom. The van der Waals surface area contributed by atoms with Crippen molar-refractivity contribution in [1.82, 2.24) is 4.90 Å². The fourth-order valence-corrected chi connectivity index (χ4v) is 3.90. The molecule has 0 bridgehead atoms. The van der Waals surface area contributed by atoms with Gasteiger partial charge in [-0.2, -0.15) is 0 Å². The third kappa shape index (κ3) is 6.48. The van der Waals surface area contributed by atoms with Gasteiger partial charge in [0.25, 0.3) is 0 Å². The molecule has 0 fully saturated rings. The maximum Gasteiger partial charge on any atom is 0.359 e. The third-order valence-corrected chi connectivity index (χ3v) is 5.30. The SMILES string of the molecule is C=C1SC(c2ccccc2C)=CN1CC.CCN.Cc1ccc2[o+]cccc2c1. The third-order valence-electron chi connectivity index (χ3n) is 4.29. The van der Waals surface area contributed by atoms with Crippen LogP contribution in [0.15, 0.2) is 83.1 Å². The molecule has 0 saturated heterocycles. The number of rotatable bonds is 2. The number of aryl methyl sites for hydroxylation is 2. The summed E-state index contributed by atoms with van der Waals surface area (Å²) in [5.41, 5.74) is 9.69.